The van der Waals surface area contributed by atoms with E-state index in [4.69, 9.17) is 4.74 Å². The lowest BCUT2D eigenvalue weighted by Crippen LogP contribution is -2.59. The summed E-state index contributed by atoms with van der Waals surface area (Å²) in [6.45, 7) is 3.01. The van der Waals surface area contributed by atoms with Crippen molar-refractivity contribution < 1.29 is 14.2 Å². The highest BCUT2D eigenvalue weighted by atomic mass is 19.1. The average molecular weight is 388 g/mol. The molecule has 0 unspecified atom stereocenters. The van der Waals surface area contributed by atoms with Gasteiger partial charge in [-0.3, -0.25) is 5.10 Å². The zero-order valence-electron chi connectivity index (χ0n) is 15.3. The van der Waals surface area contributed by atoms with E-state index in [1.54, 1.807) is 23.2 Å². The number of β-amino-alcohol motifs (C(OH)–C–C–N with tert-alkyl or cyclic N) is 1. The van der Waals surface area contributed by atoms with Crippen molar-refractivity contribution in [1.29, 1.82) is 0 Å². The highest BCUT2D eigenvalue weighted by molar-refractivity contribution is 5.86. The fourth-order valence-electron chi connectivity index (χ4n) is 3.68. The van der Waals surface area contributed by atoms with Gasteiger partial charge < -0.3 is 20.1 Å². The molecule has 0 spiro atoms. The van der Waals surface area contributed by atoms with Crippen molar-refractivity contribution in [2.75, 3.05) is 30.0 Å². The summed E-state index contributed by atoms with van der Waals surface area (Å²) in [5, 5.41) is 24.3. The minimum Gasteiger partial charge on any atom is -0.389 e. The lowest BCUT2D eigenvalue weighted by Gasteiger charge is -2.45. The predicted molar refractivity (Wildman–Crippen MR) is 98.9 cm³/mol. The molecule has 2 saturated heterocycles. The molecule has 2 aliphatic heterocycles. The van der Waals surface area contributed by atoms with Gasteiger partial charge in [-0.25, -0.2) is 9.37 Å². The number of alkyl halides is 1. The highest BCUT2D eigenvalue weighted by Gasteiger charge is 2.38. The number of aliphatic hydroxyl groups is 1. The van der Waals surface area contributed by atoms with E-state index in [2.05, 4.69) is 30.6 Å². The van der Waals surface area contributed by atoms with Crippen LogP contribution in [0.2, 0.25) is 0 Å². The Morgan fingerprint density at radius 3 is 3.04 bits per heavy atom. The van der Waals surface area contributed by atoms with Gasteiger partial charge in [0, 0.05) is 24.9 Å². The zero-order valence-corrected chi connectivity index (χ0v) is 15.3. The van der Waals surface area contributed by atoms with Crippen molar-refractivity contribution in [3.8, 4) is 11.3 Å². The van der Waals surface area contributed by atoms with Crippen molar-refractivity contribution in [2.45, 2.75) is 37.7 Å². The summed E-state index contributed by atoms with van der Waals surface area (Å²) in [5.74, 6) is 0.343. The van der Waals surface area contributed by atoms with E-state index in [0.29, 0.717) is 36.9 Å². The van der Waals surface area contributed by atoms with Gasteiger partial charge in [0.05, 0.1) is 31.0 Å². The number of aromatic amines is 1. The lowest BCUT2D eigenvalue weighted by molar-refractivity contribution is 0.0284. The molecular weight excluding hydrogens is 367 g/mol. The minimum atomic E-state index is -1.11. The van der Waals surface area contributed by atoms with Gasteiger partial charge in [0.15, 0.2) is 5.65 Å². The molecule has 4 atom stereocenters. The Morgan fingerprint density at radius 2 is 2.32 bits per heavy atom. The van der Waals surface area contributed by atoms with Crippen LogP contribution in [0.4, 0.5) is 16.0 Å². The maximum atomic E-state index is 14.1. The molecule has 5 heterocycles. The van der Waals surface area contributed by atoms with Crippen molar-refractivity contribution in [3.05, 3.63) is 18.7 Å². The first-order valence-electron chi connectivity index (χ1n) is 9.29. The molecule has 3 aromatic rings. The average Bonchev–Trinajstić information content (AvgIpc) is 3.36. The monoisotopic (exact) mass is 388 g/mol. The summed E-state index contributed by atoms with van der Waals surface area (Å²) in [4.78, 5) is 11.2. The van der Waals surface area contributed by atoms with Crippen molar-refractivity contribution in [3.63, 3.8) is 0 Å². The van der Waals surface area contributed by atoms with Gasteiger partial charge in [0.1, 0.15) is 23.9 Å². The smallest absolute Gasteiger partial charge is 0.243 e. The normalized spacial score (nSPS) is 27.8. The Hall–Kier alpha value is -2.79. The first-order chi connectivity index (χ1) is 13.6. The molecule has 0 bridgehead atoms. The number of ether oxygens (including phenoxy) is 1. The van der Waals surface area contributed by atoms with Gasteiger partial charge in [-0.15, -0.1) is 5.10 Å². The topological polar surface area (TPSA) is 116 Å². The molecule has 11 heteroatoms. The Balaban J connectivity index is 1.56. The number of hydrogen-bond acceptors (Lipinski definition) is 8. The molecule has 0 radical (unpaired) electrons. The molecule has 0 amide bonds. The fourth-order valence-corrected chi connectivity index (χ4v) is 3.68. The molecule has 0 saturated carbocycles. The maximum absolute atomic E-state index is 14.1. The Labute approximate surface area is 159 Å². The van der Waals surface area contributed by atoms with Crippen LogP contribution in [0, 0.1) is 0 Å². The number of anilines is 2. The van der Waals surface area contributed by atoms with Gasteiger partial charge in [0.25, 0.3) is 0 Å². The molecule has 5 rings (SSSR count). The number of rotatable bonds is 4. The molecule has 28 heavy (non-hydrogen) atoms. The highest BCUT2D eigenvalue weighted by Crippen LogP contribution is 2.37. The van der Waals surface area contributed by atoms with E-state index in [0.717, 1.165) is 11.3 Å². The molecule has 3 N–H and O–H groups in total. The standard InChI is InChI=1S/C17H21FN8O2/c1-9-13(27)6-25(9)15-14(10-4-20-21-5-10)19-8-26-16(15)23-17(24-26)22-12-2-3-28-7-11(12)18/h4-5,8-9,11-13,27H,2-3,6-7H2,1H3,(H,20,21)(H,22,24)/t9-,11+,12-,13-/m0/s1. The number of nitrogens with zero attached hydrogens (tertiary/aromatic N) is 6. The second kappa shape index (κ2) is 6.67. The molecule has 3 aromatic heterocycles. The summed E-state index contributed by atoms with van der Waals surface area (Å²) in [6, 6.07) is -0.460. The van der Waals surface area contributed by atoms with Crippen LogP contribution in [0.25, 0.3) is 16.9 Å². The quantitative estimate of drug-likeness (QED) is 0.596. The number of nitrogens with one attached hydrogen (secondary N) is 2. The van der Waals surface area contributed by atoms with E-state index < -0.39 is 12.3 Å². The van der Waals surface area contributed by atoms with E-state index in [-0.39, 0.29) is 18.7 Å². The van der Waals surface area contributed by atoms with Crippen molar-refractivity contribution in [1.82, 2.24) is 29.8 Å². The SMILES string of the molecule is C[C@H]1[C@@H](O)CN1c1c(-c2cn[nH]c2)ncn2nc(N[C@H]3CCOC[C@H]3F)nc12. The number of halogens is 1. The third-order valence-electron chi connectivity index (χ3n) is 5.46. The van der Waals surface area contributed by atoms with Crippen LogP contribution in [-0.4, -0.2) is 79.0 Å². The third-order valence-corrected chi connectivity index (χ3v) is 5.46. The summed E-state index contributed by atoms with van der Waals surface area (Å²) in [5.41, 5.74) is 2.88. The molecule has 2 fully saturated rings. The molecule has 0 aliphatic carbocycles. The van der Waals surface area contributed by atoms with E-state index in [1.807, 2.05) is 11.8 Å². The minimum absolute atomic E-state index is 0.0718. The van der Waals surface area contributed by atoms with Gasteiger partial charge in [0.2, 0.25) is 5.95 Å². The van der Waals surface area contributed by atoms with Crippen LogP contribution in [0.15, 0.2) is 18.7 Å². The van der Waals surface area contributed by atoms with E-state index >= 15 is 0 Å². The Kier molecular flexibility index (Phi) is 4.13. The van der Waals surface area contributed by atoms with Crippen LogP contribution in [0.3, 0.4) is 0 Å². The Bertz CT molecular complexity index is 977. The second-order valence-corrected chi connectivity index (χ2v) is 7.22. The lowest BCUT2D eigenvalue weighted by atomic mass is 9.99. The second-order valence-electron chi connectivity index (χ2n) is 7.22. The zero-order chi connectivity index (χ0) is 19.3. The summed E-state index contributed by atoms with van der Waals surface area (Å²) >= 11 is 0. The number of fused-ring (bicyclic) bond motifs is 1. The molecule has 2 aliphatic rings. The van der Waals surface area contributed by atoms with Gasteiger partial charge in [-0.05, 0) is 13.3 Å². The number of aliphatic hydroxyl groups excluding tert-OH is 1. The first-order valence-corrected chi connectivity index (χ1v) is 9.29. The summed E-state index contributed by atoms with van der Waals surface area (Å²) in [6.07, 6.45) is 4.06. The van der Waals surface area contributed by atoms with E-state index in [1.165, 1.54) is 0 Å². The van der Waals surface area contributed by atoms with Crippen molar-refractivity contribution >= 4 is 17.3 Å². The molecule has 0 aromatic carbocycles. The van der Waals surface area contributed by atoms with Crippen LogP contribution >= 0.6 is 0 Å². The molecule has 10 nitrogen and oxygen atoms in total. The van der Waals surface area contributed by atoms with Crippen LogP contribution < -0.4 is 10.2 Å². The van der Waals surface area contributed by atoms with Crippen LogP contribution in [0.1, 0.15) is 13.3 Å². The fraction of sp³-hybridized carbons (Fsp3) is 0.529. The van der Waals surface area contributed by atoms with Gasteiger partial charge in [-0.1, -0.05) is 0 Å². The van der Waals surface area contributed by atoms with Gasteiger partial charge in [-0.2, -0.15) is 14.6 Å². The number of aromatic nitrogens is 6. The summed E-state index contributed by atoms with van der Waals surface area (Å²) in [7, 11) is 0. The molecular formula is C17H21FN8O2. The first kappa shape index (κ1) is 17.3. The van der Waals surface area contributed by atoms with Gasteiger partial charge >= 0.3 is 0 Å². The maximum Gasteiger partial charge on any atom is 0.243 e. The predicted octanol–water partition coefficient (Wildman–Crippen LogP) is 0.623. The summed E-state index contributed by atoms with van der Waals surface area (Å²) < 4.78 is 20.8. The van der Waals surface area contributed by atoms with Crippen LogP contribution in [0.5, 0.6) is 0 Å². The Morgan fingerprint density at radius 1 is 1.43 bits per heavy atom. The largest absolute Gasteiger partial charge is 0.389 e. The van der Waals surface area contributed by atoms with E-state index in [9.17, 15) is 9.50 Å². The number of hydrogen-bond donors (Lipinski definition) is 3. The third kappa shape index (κ3) is 2.78. The molecule has 148 valence electrons. The van der Waals surface area contributed by atoms with Crippen molar-refractivity contribution in [2.24, 2.45) is 0 Å². The number of H-pyrrole nitrogens is 1. The van der Waals surface area contributed by atoms with Crippen LogP contribution in [-0.2, 0) is 4.74 Å².